The number of carbonyl (C=O) groups is 1. The number of H-pyrrole nitrogens is 1. The van der Waals surface area contributed by atoms with Crippen molar-refractivity contribution in [3.05, 3.63) is 77.4 Å². The van der Waals surface area contributed by atoms with E-state index in [0.29, 0.717) is 35.9 Å². The minimum Gasteiger partial charge on any atom is -0.339 e. The van der Waals surface area contributed by atoms with E-state index in [1.807, 2.05) is 44.2 Å². The number of rotatable bonds is 8. The lowest BCUT2D eigenvalue weighted by Crippen LogP contribution is -2.31. The molecule has 8 nitrogen and oxygen atoms in total. The Balaban J connectivity index is 1.89. The molecular weight excluding hydrogens is 402 g/mol. The van der Waals surface area contributed by atoms with Crippen molar-refractivity contribution in [2.75, 3.05) is 13.1 Å². The second kappa shape index (κ2) is 9.19. The monoisotopic (exact) mass is 427 g/mol. The molecule has 0 aliphatic rings. The van der Waals surface area contributed by atoms with Gasteiger partial charge in [0.05, 0.1) is 4.90 Å². The highest BCUT2D eigenvalue weighted by Crippen LogP contribution is 2.22. The molecule has 1 amide bonds. The van der Waals surface area contributed by atoms with Gasteiger partial charge < -0.3 is 4.90 Å². The Labute approximate surface area is 176 Å². The van der Waals surface area contributed by atoms with Crippen LogP contribution in [0.2, 0.25) is 0 Å². The van der Waals surface area contributed by atoms with Gasteiger partial charge in [0.2, 0.25) is 10.0 Å². The van der Waals surface area contributed by atoms with Crippen LogP contribution < -0.4 is 4.72 Å². The van der Waals surface area contributed by atoms with Gasteiger partial charge in [-0.05, 0) is 50.6 Å². The minimum atomic E-state index is -3.89. The number of hydrogen-bond acceptors (Lipinski definition) is 5. The fraction of sp³-hybridized carbons (Fsp3) is 0.286. The summed E-state index contributed by atoms with van der Waals surface area (Å²) in [7, 11) is -3.89. The fourth-order valence-electron chi connectivity index (χ4n) is 3.10. The molecule has 0 spiro atoms. The smallest absolute Gasteiger partial charge is 0.253 e. The van der Waals surface area contributed by atoms with E-state index in [1.54, 1.807) is 11.8 Å². The predicted molar refractivity (Wildman–Crippen MR) is 113 cm³/mol. The van der Waals surface area contributed by atoms with Gasteiger partial charge in [-0.1, -0.05) is 30.3 Å². The molecule has 0 radical (unpaired) electrons. The number of hydrogen-bond donors (Lipinski definition) is 2. The molecule has 1 atom stereocenters. The third kappa shape index (κ3) is 4.74. The van der Waals surface area contributed by atoms with Crippen LogP contribution in [-0.2, 0) is 10.0 Å². The van der Waals surface area contributed by atoms with Crippen molar-refractivity contribution in [1.29, 1.82) is 0 Å². The molecular formula is C21H25N5O3S. The Hall–Kier alpha value is -3.04. The maximum Gasteiger partial charge on any atom is 0.253 e. The Morgan fingerprint density at radius 3 is 2.23 bits per heavy atom. The SMILES string of the molecule is CCN(CC)C(=O)c1ccc(S(=O)(=O)NC(c2ccccc2)c2n[nH]c(C)n2)cc1. The standard InChI is InChI=1S/C21H25N5O3S/c1-4-26(5-2)21(27)17-11-13-18(14-12-17)30(28,29)25-19(16-9-7-6-8-10-16)20-22-15(3)23-24-20/h6-14,19,25H,4-5H2,1-3H3,(H,22,23,24). The molecule has 2 N–H and O–H groups in total. The van der Waals surface area contributed by atoms with Crippen molar-refractivity contribution in [3.63, 3.8) is 0 Å². The highest BCUT2D eigenvalue weighted by Gasteiger charge is 2.26. The molecule has 9 heteroatoms. The summed E-state index contributed by atoms with van der Waals surface area (Å²) >= 11 is 0. The third-order valence-electron chi connectivity index (χ3n) is 4.74. The Kier molecular flexibility index (Phi) is 6.63. The molecule has 158 valence electrons. The van der Waals surface area contributed by atoms with Crippen molar-refractivity contribution in [2.45, 2.75) is 31.7 Å². The van der Waals surface area contributed by atoms with Crippen LogP contribution in [0.4, 0.5) is 0 Å². The first-order chi connectivity index (χ1) is 14.4. The molecule has 1 unspecified atom stereocenters. The van der Waals surface area contributed by atoms with Gasteiger partial charge in [0.1, 0.15) is 11.9 Å². The number of nitrogens with one attached hydrogen (secondary N) is 2. The van der Waals surface area contributed by atoms with E-state index >= 15 is 0 Å². The van der Waals surface area contributed by atoms with Gasteiger partial charge in [0.15, 0.2) is 5.82 Å². The van der Waals surface area contributed by atoms with Gasteiger partial charge >= 0.3 is 0 Å². The largest absolute Gasteiger partial charge is 0.339 e. The number of aromatic nitrogens is 3. The van der Waals surface area contributed by atoms with Gasteiger partial charge in [-0.25, -0.2) is 13.4 Å². The molecule has 2 aromatic carbocycles. The van der Waals surface area contributed by atoms with Crippen molar-refractivity contribution >= 4 is 15.9 Å². The average Bonchev–Trinajstić information content (AvgIpc) is 3.19. The molecule has 1 aromatic heterocycles. The first kappa shape index (κ1) is 21.7. The van der Waals surface area contributed by atoms with Gasteiger partial charge in [-0.3, -0.25) is 9.89 Å². The van der Waals surface area contributed by atoms with Gasteiger partial charge in [0.25, 0.3) is 5.91 Å². The maximum atomic E-state index is 13.1. The summed E-state index contributed by atoms with van der Waals surface area (Å²) in [5.74, 6) is 0.787. The first-order valence-corrected chi connectivity index (χ1v) is 11.2. The second-order valence-electron chi connectivity index (χ2n) is 6.75. The fourth-order valence-corrected chi connectivity index (χ4v) is 4.28. The lowest BCUT2D eigenvalue weighted by Gasteiger charge is -2.19. The molecule has 30 heavy (non-hydrogen) atoms. The van der Waals surface area contributed by atoms with E-state index in [1.165, 1.54) is 24.3 Å². The van der Waals surface area contributed by atoms with Gasteiger partial charge in [-0.2, -0.15) is 9.82 Å². The summed E-state index contributed by atoms with van der Waals surface area (Å²) in [6.45, 7) is 6.73. The number of sulfonamides is 1. The van der Waals surface area contributed by atoms with Crippen LogP contribution in [-0.4, -0.2) is 47.5 Å². The number of aromatic amines is 1. The number of aryl methyl sites for hydroxylation is 1. The van der Waals surface area contributed by atoms with E-state index in [4.69, 9.17) is 0 Å². The lowest BCUT2D eigenvalue weighted by atomic mass is 10.1. The Bertz CT molecular complexity index is 1090. The number of amides is 1. The molecule has 3 rings (SSSR count). The summed E-state index contributed by atoms with van der Waals surface area (Å²) in [6.07, 6.45) is 0. The van der Waals surface area contributed by atoms with E-state index in [9.17, 15) is 13.2 Å². The Morgan fingerprint density at radius 2 is 1.70 bits per heavy atom. The number of nitrogens with zero attached hydrogens (tertiary/aromatic N) is 3. The molecule has 3 aromatic rings. The zero-order chi connectivity index (χ0) is 21.7. The predicted octanol–water partition coefficient (Wildman–Crippen LogP) is 2.66. The summed E-state index contributed by atoms with van der Waals surface area (Å²) < 4.78 is 28.8. The van der Waals surface area contributed by atoms with Crippen LogP contribution in [0.15, 0.2) is 59.5 Å². The highest BCUT2D eigenvalue weighted by molar-refractivity contribution is 7.89. The van der Waals surface area contributed by atoms with E-state index in [-0.39, 0.29) is 10.8 Å². The zero-order valence-corrected chi connectivity index (χ0v) is 18.0. The van der Waals surface area contributed by atoms with Crippen LogP contribution in [0.25, 0.3) is 0 Å². The van der Waals surface area contributed by atoms with Gasteiger partial charge in [-0.15, -0.1) is 0 Å². The maximum absolute atomic E-state index is 13.1. The molecule has 0 aliphatic carbocycles. The molecule has 1 heterocycles. The quantitative estimate of drug-likeness (QED) is 0.575. The van der Waals surface area contributed by atoms with Crippen molar-refractivity contribution < 1.29 is 13.2 Å². The van der Waals surface area contributed by atoms with Gasteiger partial charge in [0, 0.05) is 18.7 Å². The summed E-state index contributed by atoms with van der Waals surface area (Å²) in [5.41, 5.74) is 1.16. The second-order valence-corrected chi connectivity index (χ2v) is 8.46. The normalized spacial score (nSPS) is 12.5. The first-order valence-electron chi connectivity index (χ1n) is 9.71. The molecule has 0 aliphatic heterocycles. The molecule has 0 fully saturated rings. The molecule has 0 saturated carbocycles. The lowest BCUT2D eigenvalue weighted by molar-refractivity contribution is 0.0773. The highest BCUT2D eigenvalue weighted by atomic mass is 32.2. The average molecular weight is 428 g/mol. The number of benzene rings is 2. The van der Waals surface area contributed by atoms with Crippen LogP contribution >= 0.6 is 0 Å². The molecule has 0 bridgehead atoms. The summed E-state index contributed by atoms with van der Waals surface area (Å²) in [4.78, 5) is 18.5. The third-order valence-corrected chi connectivity index (χ3v) is 6.18. The van der Waals surface area contributed by atoms with Crippen LogP contribution in [0.1, 0.15) is 47.5 Å². The summed E-state index contributed by atoms with van der Waals surface area (Å²) in [6, 6.07) is 14.3. The molecule has 0 saturated heterocycles. The van der Waals surface area contributed by atoms with Crippen LogP contribution in [0.5, 0.6) is 0 Å². The van der Waals surface area contributed by atoms with E-state index in [0.717, 1.165) is 0 Å². The van der Waals surface area contributed by atoms with E-state index < -0.39 is 16.1 Å². The topological polar surface area (TPSA) is 108 Å². The van der Waals surface area contributed by atoms with Crippen LogP contribution in [0, 0.1) is 6.92 Å². The zero-order valence-electron chi connectivity index (χ0n) is 17.2. The van der Waals surface area contributed by atoms with Crippen molar-refractivity contribution in [2.24, 2.45) is 0 Å². The van der Waals surface area contributed by atoms with Crippen molar-refractivity contribution in [1.82, 2.24) is 24.8 Å². The summed E-state index contributed by atoms with van der Waals surface area (Å²) in [5, 5.41) is 6.88. The van der Waals surface area contributed by atoms with Crippen LogP contribution in [0.3, 0.4) is 0 Å². The van der Waals surface area contributed by atoms with E-state index in [2.05, 4.69) is 19.9 Å². The minimum absolute atomic E-state index is 0.0618. The Morgan fingerprint density at radius 1 is 1.07 bits per heavy atom. The number of carbonyl (C=O) groups excluding carboxylic acids is 1. The van der Waals surface area contributed by atoms with Crippen molar-refractivity contribution in [3.8, 4) is 0 Å².